The number of ether oxygens (including phenoxy) is 1. The second-order valence-corrected chi connectivity index (χ2v) is 7.73. The van der Waals surface area contributed by atoms with Crippen LogP contribution in [0.1, 0.15) is 48.8 Å². The van der Waals surface area contributed by atoms with Crippen LogP contribution in [-0.2, 0) is 11.3 Å². The van der Waals surface area contributed by atoms with Crippen molar-refractivity contribution in [2.24, 2.45) is 0 Å². The molecular formula is C16H24N2O4S. The molecule has 0 aromatic carbocycles. The highest BCUT2D eigenvalue weighted by atomic mass is 32.1. The number of likely N-dealkylation sites (tertiary alicyclic amines) is 1. The SMILES string of the molecule is CC(C)(C)OC(=O)N1CCC(NCc2cc(C(=O)O)cs2)CC1. The molecule has 0 aliphatic carbocycles. The quantitative estimate of drug-likeness (QED) is 0.881. The second kappa shape index (κ2) is 7.31. The molecular weight excluding hydrogens is 316 g/mol. The normalized spacial score (nSPS) is 16.4. The summed E-state index contributed by atoms with van der Waals surface area (Å²) in [6, 6.07) is 2.04. The fraction of sp³-hybridized carbons (Fsp3) is 0.625. The molecule has 2 rings (SSSR count). The summed E-state index contributed by atoms with van der Waals surface area (Å²) in [6.07, 6.45) is 1.49. The lowest BCUT2D eigenvalue weighted by Gasteiger charge is -2.33. The van der Waals surface area contributed by atoms with Crippen molar-refractivity contribution >= 4 is 23.4 Å². The Labute approximate surface area is 140 Å². The van der Waals surface area contributed by atoms with Gasteiger partial charge in [-0.15, -0.1) is 11.3 Å². The summed E-state index contributed by atoms with van der Waals surface area (Å²) in [5.41, 5.74) is -0.126. The average molecular weight is 340 g/mol. The molecule has 0 atom stereocenters. The highest BCUT2D eigenvalue weighted by Gasteiger charge is 2.26. The first-order valence-electron chi connectivity index (χ1n) is 7.76. The Morgan fingerprint density at radius 1 is 1.39 bits per heavy atom. The van der Waals surface area contributed by atoms with Crippen LogP contribution in [0.2, 0.25) is 0 Å². The van der Waals surface area contributed by atoms with Gasteiger partial charge in [-0.2, -0.15) is 0 Å². The molecule has 1 aliphatic rings. The van der Waals surface area contributed by atoms with E-state index in [1.54, 1.807) is 16.3 Å². The lowest BCUT2D eigenvalue weighted by atomic mass is 10.1. The van der Waals surface area contributed by atoms with E-state index in [2.05, 4.69) is 5.32 Å². The summed E-state index contributed by atoms with van der Waals surface area (Å²) >= 11 is 1.45. The highest BCUT2D eigenvalue weighted by molar-refractivity contribution is 7.10. The van der Waals surface area contributed by atoms with Crippen molar-refractivity contribution in [2.75, 3.05) is 13.1 Å². The summed E-state index contributed by atoms with van der Waals surface area (Å²) in [6.45, 7) is 7.62. The number of hydrogen-bond acceptors (Lipinski definition) is 5. The van der Waals surface area contributed by atoms with Crippen molar-refractivity contribution in [1.29, 1.82) is 0 Å². The maximum Gasteiger partial charge on any atom is 0.410 e. The molecule has 0 spiro atoms. The van der Waals surface area contributed by atoms with Crippen LogP contribution in [0.3, 0.4) is 0 Å². The van der Waals surface area contributed by atoms with E-state index >= 15 is 0 Å². The molecule has 1 aromatic rings. The standard InChI is InChI=1S/C16H24N2O4S/c1-16(2,3)22-15(21)18-6-4-12(5-7-18)17-9-13-8-11(10-23-13)14(19)20/h8,10,12,17H,4-7,9H2,1-3H3,(H,19,20). The molecule has 2 heterocycles. The summed E-state index contributed by atoms with van der Waals surface area (Å²) < 4.78 is 5.38. The molecule has 6 nitrogen and oxygen atoms in total. The molecule has 7 heteroatoms. The van der Waals surface area contributed by atoms with Crippen LogP contribution in [0.25, 0.3) is 0 Å². The zero-order chi connectivity index (χ0) is 17.0. The first-order chi connectivity index (χ1) is 10.7. The molecule has 23 heavy (non-hydrogen) atoms. The average Bonchev–Trinajstić information content (AvgIpc) is 2.93. The van der Waals surface area contributed by atoms with Crippen molar-refractivity contribution in [3.63, 3.8) is 0 Å². The van der Waals surface area contributed by atoms with E-state index in [-0.39, 0.29) is 6.09 Å². The van der Waals surface area contributed by atoms with E-state index in [1.165, 1.54) is 11.3 Å². The van der Waals surface area contributed by atoms with Gasteiger partial charge in [-0.05, 0) is 39.7 Å². The fourth-order valence-electron chi connectivity index (χ4n) is 2.42. The van der Waals surface area contributed by atoms with Crippen molar-refractivity contribution < 1.29 is 19.4 Å². The first-order valence-corrected chi connectivity index (χ1v) is 8.64. The van der Waals surface area contributed by atoms with Crippen molar-refractivity contribution in [1.82, 2.24) is 10.2 Å². The van der Waals surface area contributed by atoms with E-state index in [1.807, 2.05) is 20.8 Å². The summed E-state index contributed by atoms with van der Waals surface area (Å²) in [5, 5.41) is 14.0. The summed E-state index contributed by atoms with van der Waals surface area (Å²) in [5.74, 6) is -0.891. The smallest absolute Gasteiger partial charge is 0.410 e. The number of carbonyl (C=O) groups excluding carboxylic acids is 1. The number of carboxylic acids is 1. The predicted octanol–water partition coefficient (Wildman–Crippen LogP) is 2.94. The van der Waals surface area contributed by atoms with Crippen LogP contribution in [0.5, 0.6) is 0 Å². The van der Waals surface area contributed by atoms with Crippen LogP contribution < -0.4 is 5.32 Å². The molecule has 0 bridgehead atoms. The van der Waals surface area contributed by atoms with E-state index < -0.39 is 11.6 Å². The molecule has 1 amide bonds. The van der Waals surface area contributed by atoms with Crippen LogP contribution in [0.15, 0.2) is 11.4 Å². The van der Waals surface area contributed by atoms with Crippen molar-refractivity contribution in [3.05, 3.63) is 21.9 Å². The first kappa shape index (κ1) is 17.7. The van der Waals surface area contributed by atoms with Crippen LogP contribution in [0, 0.1) is 0 Å². The van der Waals surface area contributed by atoms with Gasteiger partial charge < -0.3 is 20.1 Å². The minimum Gasteiger partial charge on any atom is -0.478 e. The number of thiophene rings is 1. The van der Waals surface area contributed by atoms with Gasteiger partial charge in [-0.1, -0.05) is 0 Å². The Bertz CT molecular complexity index is 557. The number of piperidine rings is 1. The monoisotopic (exact) mass is 340 g/mol. The number of hydrogen-bond donors (Lipinski definition) is 2. The third-order valence-corrected chi connectivity index (χ3v) is 4.55. The van der Waals surface area contributed by atoms with Crippen molar-refractivity contribution in [3.8, 4) is 0 Å². The molecule has 2 N–H and O–H groups in total. The Morgan fingerprint density at radius 2 is 2.04 bits per heavy atom. The second-order valence-electron chi connectivity index (χ2n) is 6.73. The lowest BCUT2D eigenvalue weighted by Crippen LogP contribution is -2.46. The molecule has 1 fully saturated rings. The number of nitrogens with zero attached hydrogens (tertiary/aromatic N) is 1. The van der Waals surface area contributed by atoms with Crippen LogP contribution >= 0.6 is 11.3 Å². The van der Waals surface area contributed by atoms with Gasteiger partial charge in [0.25, 0.3) is 0 Å². The number of nitrogens with one attached hydrogen (secondary N) is 1. The maximum atomic E-state index is 12.0. The molecule has 128 valence electrons. The number of amides is 1. The van der Waals surface area contributed by atoms with Gasteiger partial charge in [-0.3, -0.25) is 0 Å². The largest absolute Gasteiger partial charge is 0.478 e. The van der Waals surface area contributed by atoms with Gasteiger partial charge >= 0.3 is 12.1 Å². The van der Waals surface area contributed by atoms with Gasteiger partial charge in [0, 0.05) is 35.9 Å². The van der Waals surface area contributed by atoms with Crippen LogP contribution in [0.4, 0.5) is 4.79 Å². The van der Waals surface area contributed by atoms with Gasteiger partial charge in [0.15, 0.2) is 0 Å². The molecule has 1 saturated heterocycles. The summed E-state index contributed by atoms with van der Waals surface area (Å²) in [4.78, 5) is 25.6. The molecule has 1 aromatic heterocycles. The zero-order valence-electron chi connectivity index (χ0n) is 13.8. The number of carbonyl (C=O) groups is 2. The third-order valence-electron chi connectivity index (χ3n) is 3.61. The van der Waals surface area contributed by atoms with Gasteiger partial charge in [0.1, 0.15) is 5.60 Å². The Balaban J connectivity index is 1.74. The fourth-order valence-corrected chi connectivity index (χ4v) is 3.23. The van der Waals surface area contributed by atoms with Gasteiger partial charge in [0.05, 0.1) is 5.56 Å². The predicted molar refractivity (Wildman–Crippen MR) is 88.9 cm³/mol. The Morgan fingerprint density at radius 3 is 2.57 bits per heavy atom. The third kappa shape index (κ3) is 5.51. The lowest BCUT2D eigenvalue weighted by molar-refractivity contribution is 0.0198. The van der Waals surface area contributed by atoms with E-state index in [4.69, 9.17) is 9.84 Å². The number of rotatable bonds is 4. The zero-order valence-corrected chi connectivity index (χ0v) is 14.6. The molecule has 1 aliphatic heterocycles. The van der Waals surface area contributed by atoms with E-state index in [9.17, 15) is 9.59 Å². The topological polar surface area (TPSA) is 78.9 Å². The Kier molecular flexibility index (Phi) is 5.64. The summed E-state index contributed by atoms with van der Waals surface area (Å²) in [7, 11) is 0. The van der Waals surface area contributed by atoms with Gasteiger partial charge in [0.2, 0.25) is 0 Å². The van der Waals surface area contributed by atoms with Gasteiger partial charge in [-0.25, -0.2) is 9.59 Å². The Hall–Kier alpha value is -1.60. The van der Waals surface area contributed by atoms with E-state index in [0.29, 0.717) is 31.2 Å². The minimum absolute atomic E-state index is 0.250. The number of aromatic carboxylic acids is 1. The minimum atomic E-state index is -0.891. The van der Waals surface area contributed by atoms with E-state index in [0.717, 1.165) is 17.7 Å². The number of carboxylic acid groups (broad SMARTS) is 1. The molecule has 0 radical (unpaired) electrons. The van der Waals surface area contributed by atoms with Crippen LogP contribution in [-0.4, -0.2) is 46.8 Å². The highest BCUT2D eigenvalue weighted by Crippen LogP contribution is 2.18. The molecule has 0 saturated carbocycles. The molecule has 0 unspecified atom stereocenters. The maximum absolute atomic E-state index is 12.0. The van der Waals surface area contributed by atoms with Crippen molar-refractivity contribution in [2.45, 2.75) is 51.8 Å².